The Morgan fingerprint density at radius 3 is 2.15 bits per heavy atom. The predicted molar refractivity (Wildman–Crippen MR) is 109 cm³/mol. The van der Waals surface area contributed by atoms with E-state index in [0.717, 1.165) is 19.6 Å². The largest absolute Gasteiger partial charge is 0.355 e. The van der Waals surface area contributed by atoms with Gasteiger partial charge in [0.1, 0.15) is 0 Å². The minimum absolute atomic E-state index is 0.116. The van der Waals surface area contributed by atoms with Gasteiger partial charge in [0, 0.05) is 35.8 Å². The SMILES string of the molecule is CCN(CC)CCNC(=O)CCN1c2ccccc2Sc2ccccc21. The van der Waals surface area contributed by atoms with Crippen molar-refractivity contribution in [2.45, 2.75) is 30.1 Å². The number of carbonyl (C=O) groups excluding carboxylic acids is 1. The molecule has 1 N–H and O–H groups in total. The highest BCUT2D eigenvalue weighted by atomic mass is 32.2. The normalized spacial score (nSPS) is 12.7. The average molecular weight is 370 g/mol. The fourth-order valence-corrected chi connectivity index (χ4v) is 4.31. The van der Waals surface area contributed by atoms with Crippen LogP contribution < -0.4 is 10.2 Å². The Morgan fingerprint density at radius 1 is 1.00 bits per heavy atom. The van der Waals surface area contributed by atoms with Crippen LogP contribution >= 0.6 is 11.8 Å². The summed E-state index contributed by atoms with van der Waals surface area (Å²) in [5.41, 5.74) is 2.37. The van der Waals surface area contributed by atoms with E-state index >= 15 is 0 Å². The topological polar surface area (TPSA) is 35.6 Å². The zero-order valence-electron chi connectivity index (χ0n) is 15.6. The van der Waals surface area contributed by atoms with E-state index in [1.165, 1.54) is 21.2 Å². The maximum atomic E-state index is 12.3. The first kappa shape index (κ1) is 18.8. The summed E-state index contributed by atoms with van der Waals surface area (Å²) >= 11 is 1.79. The molecule has 0 bridgehead atoms. The molecule has 2 aromatic rings. The zero-order valence-corrected chi connectivity index (χ0v) is 16.4. The summed E-state index contributed by atoms with van der Waals surface area (Å²) in [6.45, 7) is 8.64. The number of benzene rings is 2. The van der Waals surface area contributed by atoms with Crippen molar-refractivity contribution < 1.29 is 4.79 Å². The highest BCUT2D eigenvalue weighted by Crippen LogP contribution is 2.47. The number of nitrogens with zero attached hydrogens (tertiary/aromatic N) is 2. The van der Waals surface area contributed by atoms with Gasteiger partial charge in [-0.1, -0.05) is 49.9 Å². The average Bonchev–Trinajstić information content (AvgIpc) is 2.68. The number of rotatable bonds is 8. The standard InChI is InChI=1S/C21H27N3OS/c1-3-23(4-2)16-14-22-21(25)13-15-24-17-9-5-7-11-19(17)26-20-12-8-6-10-18(20)24/h5-12H,3-4,13-16H2,1-2H3,(H,22,25). The summed E-state index contributed by atoms with van der Waals surface area (Å²) in [7, 11) is 0. The highest BCUT2D eigenvalue weighted by Gasteiger charge is 2.23. The van der Waals surface area contributed by atoms with Crippen LogP contribution in [-0.4, -0.2) is 43.5 Å². The lowest BCUT2D eigenvalue weighted by Gasteiger charge is -2.32. The summed E-state index contributed by atoms with van der Waals surface area (Å²) in [5, 5.41) is 3.06. The lowest BCUT2D eigenvalue weighted by atomic mass is 10.2. The smallest absolute Gasteiger partial charge is 0.221 e. The summed E-state index contributed by atoms with van der Waals surface area (Å²) in [6.07, 6.45) is 0.492. The Bertz CT molecular complexity index is 700. The summed E-state index contributed by atoms with van der Waals surface area (Å²) < 4.78 is 0. The highest BCUT2D eigenvalue weighted by molar-refractivity contribution is 7.99. The molecule has 1 aliphatic heterocycles. The molecule has 0 fully saturated rings. The third-order valence-corrected chi connectivity index (χ3v) is 5.87. The molecule has 1 heterocycles. The fourth-order valence-electron chi connectivity index (χ4n) is 3.22. The minimum Gasteiger partial charge on any atom is -0.355 e. The molecular weight excluding hydrogens is 342 g/mol. The van der Waals surface area contributed by atoms with Crippen molar-refractivity contribution in [1.29, 1.82) is 0 Å². The van der Waals surface area contributed by atoms with E-state index in [0.29, 0.717) is 19.5 Å². The second-order valence-corrected chi connectivity index (χ2v) is 7.40. The van der Waals surface area contributed by atoms with Gasteiger partial charge in [0.2, 0.25) is 5.91 Å². The Labute approximate surface area is 160 Å². The number of nitrogens with one attached hydrogen (secondary N) is 1. The lowest BCUT2D eigenvalue weighted by molar-refractivity contribution is -0.120. The first-order chi connectivity index (χ1) is 12.7. The summed E-state index contributed by atoms with van der Waals surface area (Å²) in [6, 6.07) is 16.8. The molecule has 4 nitrogen and oxygen atoms in total. The van der Waals surface area contributed by atoms with Crippen molar-refractivity contribution in [3.05, 3.63) is 48.5 Å². The first-order valence-electron chi connectivity index (χ1n) is 9.35. The number of carbonyl (C=O) groups is 1. The van der Waals surface area contributed by atoms with Crippen molar-refractivity contribution in [2.75, 3.05) is 37.6 Å². The maximum Gasteiger partial charge on any atom is 0.221 e. The molecule has 1 aliphatic rings. The van der Waals surface area contributed by atoms with Crippen LogP contribution in [0.1, 0.15) is 20.3 Å². The molecule has 0 radical (unpaired) electrons. The van der Waals surface area contributed by atoms with E-state index in [-0.39, 0.29) is 5.91 Å². The van der Waals surface area contributed by atoms with Crippen LogP contribution in [-0.2, 0) is 4.79 Å². The summed E-state index contributed by atoms with van der Waals surface area (Å²) in [4.78, 5) is 19.4. The molecule has 5 heteroatoms. The summed E-state index contributed by atoms with van der Waals surface area (Å²) in [5.74, 6) is 0.116. The molecule has 3 rings (SSSR count). The van der Waals surface area contributed by atoms with Gasteiger partial charge in [-0.2, -0.15) is 0 Å². The van der Waals surface area contributed by atoms with E-state index in [9.17, 15) is 4.79 Å². The fraction of sp³-hybridized carbons (Fsp3) is 0.381. The minimum atomic E-state index is 0.116. The molecule has 0 atom stereocenters. The van der Waals surface area contributed by atoms with Gasteiger partial charge in [0.05, 0.1) is 11.4 Å². The number of fused-ring (bicyclic) bond motifs is 2. The van der Waals surface area contributed by atoms with Crippen LogP contribution in [0.3, 0.4) is 0 Å². The Kier molecular flexibility index (Phi) is 6.58. The third kappa shape index (κ3) is 4.40. The predicted octanol–water partition coefficient (Wildman–Crippen LogP) is 4.14. The molecular formula is C21H27N3OS. The molecule has 2 aromatic carbocycles. The molecule has 0 spiro atoms. The monoisotopic (exact) mass is 369 g/mol. The van der Waals surface area contributed by atoms with Crippen molar-refractivity contribution in [1.82, 2.24) is 10.2 Å². The molecule has 0 saturated carbocycles. The quantitative estimate of drug-likeness (QED) is 0.759. The van der Waals surface area contributed by atoms with Gasteiger partial charge in [-0.05, 0) is 37.4 Å². The van der Waals surface area contributed by atoms with Crippen LogP contribution in [0.5, 0.6) is 0 Å². The number of likely N-dealkylation sites (N-methyl/N-ethyl adjacent to an activating group) is 1. The second-order valence-electron chi connectivity index (χ2n) is 6.32. The zero-order chi connectivity index (χ0) is 18.4. The molecule has 138 valence electrons. The number of anilines is 2. The number of para-hydroxylation sites is 2. The number of hydrogen-bond acceptors (Lipinski definition) is 4. The van der Waals surface area contributed by atoms with Crippen molar-refractivity contribution in [2.24, 2.45) is 0 Å². The molecule has 1 amide bonds. The van der Waals surface area contributed by atoms with Crippen LogP contribution in [0.2, 0.25) is 0 Å². The lowest BCUT2D eigenvalue weighted by Crippen LogP contribution is -2.36. The van der Waals surface area contributed by atoms with Crippen molar-refractivity contribution in [3.63, 3.8) is 0 Å². The van der Waals surface area contributed by atoms with Crippen LogP contribution in [0, 0.1) is 0 Å². The molecule has 0 saturated heterocycles. The Morgan fingerprint density at radius 2 is 1.58 bits per heavy atom. The van der Waals surface area contributed by atoms with E-state index in [4.69, 9.17) is 0 Å². The van der Waals surface area contributed by atoms with Gasteiger partial charge in [-0.3, -0.25) is 4.79 Å². The second kappa shape index (κ2) is 9.10. The van der Waals surface area contributed by atoms with Gasteiger partial charge in [0.25, 0.3) is 0 Å². The Balaban J connectivity index is 1.62. The molecule has 0 aromatic heterocycles. The van der Waals surface area contributed by atoms with Gasteiger partial charge < -0.3 is 15.1 Å². The van der Waals surface area contributed by atoms with E-state index < -0.39 is 0 Å². The van der Waals surface area contributed by atoms with Gasteiger partial charge in [0.15, 0.2) is 0 Å². The maximum absolute atomic E-state index is 12.3. The number of amides is 1. The van der Waals surface area contributed by atoms with Crippen molar-refractivity contribution >= 4 is 29.0 Å². The number of hydrogen-bond donors (Lipinski definition) is 1. The molecule has 0 aliphatic carbocycles. The van der Waals surface area contributed by atoms with E-state index in [2.05, 4.69) is 77.5 Å². The molecule has 26 heavy (non-hydrogen) atoms. The third-order valence-electron chi connectivity index (χ3n) is 4.74. The van der Waals surface area contributed by atoms with Gasteiger partial charge in [-0.25, -0.2) is 0 Å². The molecule has 0 unspecified atom stereocenters. The van der Waals surface area contributed by atoms with E-state index in [1.54, 1.807) is 11.8 Å². The van der Waals surface area contributed by atoms with Crippen molar-refractivity contribution in [3.8, 4) is 0 Å². The Hall–Kier alpha value is -1.98. The van der Waals surface area contributed by atoms with Gasteiger partial charge in [-0.15, -0.1) is 0 Å². The first-order valence-corrected chi connectivity index (χ1v) is 10.2. The van der Waals surface area contributed by atoms with E-state index in [1.807, 2.05) is 0 Å². The van der Waals surface area contributed by atoms with Gasteiger partial charge >= 0.3 is 0 Å². The van der Waals surface area contributed by atoms with Crippen LogP contribution in [0.25, 0.3) is 0 Å². The van der Waals surface area contributed by atoms with Crippen LogP contribution in [0.15, 0.2) is 58.3 Å². The van der Waals surface area contributed by atoms with Crippen LogP contribution in [0.4, 0.5) is 11.4 Å².